The summed E-state index contributed by atoms with van der Waals surface area (Å²) in [7, 11) is 0. The summed E-state index contributed by atoms with van der Waals surface area (Å²) < 4.78 is 1.35. The van der Waals surface area contributed by atoms with Gasteiger partial charge in [-0.2, -0.15) is 0 Å². The van der Waals surface area contributed by atoms with Crippen molar-refractivity contribution in [1.82, 2.24) is 9.97 Å². The van der Waals surface area contributed by atoms with Crippen molar-refractivity contribution in [2.75, 3.05) is 0 Å². The number of ketones is 1. The quantitative estimate of drug-likeness (QED) is 0.0963. The van der Waals surface area contributed by atoms with Gasteiger partial charge in [-0.1, -0.05) is 97.4 Å². The maximum atomic E-state index is 12.2. The van der Waals surface area contributed by atoms with Gasteiger partial charge in [-0.05, 0) is 54.2 Å². The van der Waals surface area contributed by atoms with E-state index in [1.54, 1.807) is 0 Å². The van der Waals surface area contributed by atoms with Crippen LogP contribution in [-0.2, 0) is 30.3 Å². The van der Waals surface area contributed by atoms with Gasteiger partial charge < -0.3 is 5.11 Å². The molecule has 0 fully saturated rings. The number of benzene rings is 3. The van der Waals surface area contributed by atoms with Crippen LogP contribution in [-0.4, -0.2) is 20.9 Å². The summed E-state index contributed by atoms with van der Waals surface area (Å²) in [6, 6.07) is 24.5. The number of nitrogens with zero attached hydrogens (tertiary/aromatic N) is 2. The normalized spacial score (nSPS) is 13.9. The number of hydrogen-bond donors (Lipinski definition) is 1. The second-order valence-corrected chi connectivity index (χ2v) is 14.3. The molecule has 0 aliphatic heterocycles. The van der Waals surface area contributed by atoms with E-state index in [-0.39, 0.29) is 47.9 Å². The summed E-state index contributed by atoms with van der Waals surface area (Å²) in [5.74, 6) is 1.04. The average Bonchev–Trinajstić information content (AvgIpc) is 3.57. The van der Waals surface area contributed by atoms with Crippen molar-refractivity contribution >= 4 is 38.1 Å². The Morgan fingerprint density at radius 2 is 1.54 bits per heavy atom. The second kappa shape index (κ2) is 13.9. The Hall–Kier alpha value is -3.18. The molecule has 1 aliphatic carbocycles. The number of hydrogen-bond acceptors (Lipinski definition) is 5. The van der Waals surface area contributed by atoms with Crippen molar-refractivity contribution in [3.05, 3.63) is 95.9 Å². The summed E-state index contributed by atoms with van der Waals surface area (Å²) in [6.45, 7) is 16.7. The zero-order valence-electron chi connectivity index (χ0n) is 28.2. The minimum atomic E-state index is -0.337. The van der Waals surface area contributed by atoms with E-state index in [1.165, 1.54) is 37.7 Å². The standard InChI is InChI=1S/C25H17N2S.C15H28O2.Ir/c1-25(2)21-17(23-22(25)16-9-4-6-13-20(16)28-23)10-7-11-18(21)24-26-14-15-8-3-5-12-19(15)27-24;1-7-14(5,8-2)12(16)11-13(17)15(6,9-3)10-4;/h3-10,12-14H,1-2H3;11,16H,7-10H2,1-6H3;/q-1;;/b;12-11-;. The maximum absolute atomic E-state index is 12.2. The molecule has 6 rings (SSSR count). The molecule has 0 saturated carbocycles. The van der Waals surface area contributed by atoms with Crippen molar-refractivity contribution < 1.29 is 30.0 Å². The van der Waals surface area contributed by atoms with Crippen LogP contribution in [0.25, 0.3) is 42.8 Å². The van der Waals surface area contributed by atoms with Gasteiger partial charge in [0.05, 0.1) is 11.3 Å². The number of para-hydroxylation sites is 1. The number of carbonyl (C=O) groups excluding carboxylic acids is 1. The van der Waals surface area contributed by atoms with E-state index in [0.717, 1.165) is 48.0 Å². The Labute approximate surface area is 291 Å². The number of thiophene rings is 1. The Balaban J connectivity index is 0.000000234. The minimum absolute atomic E-state index is 0. The topological polar surface area (TPSA) is 63.1 Å². The molecule has 1 radical (unpaired) electrons. The Morgan fingerprint density at radius 1 is 0.913 bits per heavy atom. The van der Waals surface area contributed by atoms with Crippen molar-refractivity contribution in [3.8, 4) is 21.8 Å². The first-order valence-electron chi connectivity index (χ1n) is 16.2. The Kier molecular flexibility index (Phi) is 10.8. The number of allylic oxidation sites excluding steroid dienone is 2. The van der Waals surface area contributed by atoms with Crippen LogP contribution in [0, 0.1) is 16.9 Å². The molecule has 4 nitrogen and oxygen atoms in total. The van der Waals surface area contributed by atoms with Gasteiger partial charge in [0.15, 0.2) is 5.78 Å². The molecule has 1 N–H and O–H groups in total. The third-order valence-electron chi connectivity index (χ3n) is 10.4. The zero-order valence-corrected chi connectivity index (χ0v) is 31.5. The second-order valence-electron chi connectivity index (χ2n) is 13.3. The smallest absolute Gasteiger partial charge is 0.164 e. The summed E-state index contributed by atoms with van der Waals surface area (Å²) in [5.41, 5.74) is 5.27. The minimum Gasteiger partial charge on any atom is -0.512 e. The first kappa shape index (κ1) is 35.7. The van der Waals surface area contributed by atoms with Gasteiger partial charge in [-0.15, -0.1) is 40.7 Å². The molecule has 0 unspecified atom stereocenters. The molecule has 0 spiro atoms. The number of aliphatic hydroxyl groups excluding tert-OH is 1. The van der Waals surface area contributed by atoms with E-state index in [2.05, 4.69) is 50.2 Å². The molecule has 1 aliphatic rings. The molecule has 0 bridgehead atoms. The molecule has 3 aromatic carbocycles. The van der Waals surface area contributed by atoms with E-state index in [9.17, 15) is 9.90 Å². The molecule has 0 amide bonds. The number of fused-ring (bicyclic) bond motifs is 6. The van der Waals surface area contributed by atoms with Gasteiger partial charge in [-0.25, -0.2) is 0 Å². The molecule has 2 heterocycles. The van der Waals surface area contributed by atoms with Crippen molar-refractivity contribution in [2.45, 2.75) is 86.5 Å². The SMILES string of the molecule is CC1(C)c2c(-c3ncc4ccccc4n3)[c-]ccc2-c2sc3ccccc3c21.CCC(C)(CC)C(=O)/C=C(\O)C(C)(CC)CC.[Ir]. The molecule has 46 heavy (non-hydrogen) atoms. The number of carbonyl (C=O) groups is 1. The van der Waals surface area contributed by atoms with Gasteiger partial charge in [0, 0.05) is 58.2 Å². The third-order valence-corrected chi connectivity index (χ3v) is 11.6. The van der Waals surface area contributed by atoms with E-state index >= 15 is 0 Å². The number of aromatic nitrogens is 2. The largest absolute Gasteiger partial charge is 0.512 e. The predicted molar refractivity (Wildman–Crippen MR) is 190 cm³/mol. The molecular weight excluding hydrogens is 765 g/mol. The van der Waals surface area contributed by atoms with Crippen molar-refractivity contribution in [1.29, 1.82) is 0 Å². The van der Waals surface area contributed by atoms with Gasteiger partial charge in [-0.3, -0.25) is 14.8 Å². The van der Waals surface area contributed by atoms with Crippen molar-refractivity contribution in [2.24, 2.45) is 10.8 Å². The van der Waals surface area contributed by atoms with Gasteiger partial charge in [0.1, 0.15) is 5.76 Å². The fraction of sp³-hybridized carbons (Fsp3) is 0.375. The van der Waals surface area contributed by atoms with Crippen LogP contribution in [0.5, 0.6) is 0 Å². The van der Waals surface area contributed by atoms with Crippen LogP contribution in [0.3, 0.4) is 0 Å². The average molecular weight is 810 g/mol. The fourth-order valence-corrected chi connectivity index (χ4v) is 7.66. The summed E-state index contributed by atoms with van der Waals surface area (Å²) in [5, 5.41) is 12.5. The van der Waals surface area contributed by atoms with Crippen LogP contribution < -0.4 is 0 Å². The van der Waals surface area contributed by atoms with Crippen LogP contribution >= 0.6 is 11.3 Å². The van der Waals surface area contributed by atoms with Gasteiger partial charge in [0.25, 0.3) is 0 Å². The van der Waals surface area contributed by atoms with E-state index in [0.29, 0.717) is 0 Å². The fourth-order valence-electron chi connectivity index (χ4n) is 6.27. The van der Waals surface area contributed by atoms with E-state index in [4.69, 9.17) is 9.97 Å². The van der Waals surface area contributed by atoms with Crippen LogP contribution in [0.1, 0.15) is 92.2 Å². The molecule has 243 valence electrons. The van der Waals surface area contributed by atoms with Crippen molar-refractivity contribution in [3.63, 3.8) is 0 Å². The molecular formula is C40H45IrN2O2S-. The maximum Gasteiger partial charge on any atom is 0.164 e. The molecule has 6 heteroatoms. The van der Waals surface area contributed by atoms with E-state index in [1.807, 2.05) is 89.4 Å². The zero-order chi connectivity index (χ0) is 32.6. The van der Waals surface area contributed by atoms with Crippen LogP contribution in [0.15, 0.2) is 78.7 Å². The molecule has 0 saturated heterocycles. The summed E-state index contributed by atoms with van der Waals surface area (Å²) >= 11 is 1.88. The first-order chi connectivity index (χ1) is 21.4. The third kappa shape index (κ3) is 6.24. The molecule has 0 atom stereocenters. The van der Waals surface area contributed by atoms with Crippen LogP contribution in [0.2, 0.25) is 0 Å². The molecule has 5 aromatic rings. The van der Waals surface area contributed by atoms with Gasteiger partial charge in [0.2, 0.25) is 0 Å². The monoisotopic (exact) mass is 810 g/mol. The Morgan fingerprint density at radius 3 is 2.22 bits per heavy atom. The van der Waals surface area contributed by atoms with Gasteiger partial charge >= 0.3 is 0 Å². The van der Waals surface area contributed by atoms with E-state index < -0.39 is 0 Å². The van der Waals surface area contributed by atoms with Crippen LogP contribution in [0.4, 0.5) is 0 Å². The Bertz CT molecular complexity index is 1900. The molecule has 2 aromatic heterocycles. The first-order valence-corrected chi connectivity index (χ1v) is 17.0. The predicted octanol–water partition coefficient (Wildman–Crippen LogP) is 11.3. The number of aliphatic hydroxyl groups is 1. The summed E-state index contributed by atoms with van der Waals surface area (Å²) in [4.78, 5) is 23.1. The summed E-state index contributed by atoms with van der Waals surface area (Å²) in [6.07, 6.45) is 6.67. The number of rotatable bonds is 8.